The lowest BCUT2D eigenvalue weighted by Gasteiger charge is -2.11. The number of halogens is 1. The lowest BCUT2D eigenvalue weighted by atomic mass is 10.2. The number of benzene rings is 2. The summed E-state index contributed by atoms with van der Waals surface area (Å²) in [6.45, 7) is 3.95. The molecule has 4 nitrogen and oxygen atoms in total. The maximum atomic E-state index is 11.8. The number of hydrogen-bond acceptors (Lipinski definition) is 3. The van der Waals surface area contributed by atoms with Crippen molar-refractivity contribution in [2.45, 2.75) is 20.0 Å². The van der Waals surface area contributed by atoms with Crippen molar-refractivity contribution in [1.82, 2.24) is 5.43 Å². The van der Waals surface area contributed by atoms with Gasteiger partial charge in [-0.2, -0.15) is 5.10 Å². The van der Waals surface area contributed by atoms with Gasteiger partial charge in [0.05, 0.1) is 16.8 Å². The highest BCUT2D eigenvalue weighted by molar-refractivity contribution is 9.10. The zero-order chi connectivity index (χ0) is 15.9. The van der Waals surface area contributed by atoms with Crippen LogP contribution >= 0.6 is 15.9 Å². The Labute approximate surface area is 138 Å². The van der Waals surface area contributed by atoms with Crippen LogP contribution in [0, 0.1) is 0 Å². The maximum Gasteiger partial charge on any atom is 0.271 e. The Hall–Kier alpha value is -2.14. The average molecular weight is 361 g/mol. The molecule has 2 aromatic carbocycles. The van der Waals surface area contributed by atoms with E-state index in [2.05, 4.69) is 26.5 Å². The van der Waals surface area contributed by atoms with Crippen molar-refractivity contribution >= 4 is 28.1 Å². The van der Waals surface area contributed by atoms with Crippen LogP contribution in [0.4, 0.5) is 0 Å². The van der Waals surface area contributed by atoms with Crippen molar-refractivity contribution in [3.05, 3.63) is 64.1 Å². The van der Waals surface area contributed by atoms with E-state index >= 15 is 0 Å². The molecule has 0 aliphatic carbocycles. The van der Waals surface area contributed by atoms with Crippen LogP contribution in [0.5, 0.6) is 5.75 Å². The number of hydrazone groups is 1. The second kappa shape index (κ2) is 7.75. The molecule has 0 aromatic heterocycles. The minimum absolute atomic E-state index is 0.112. The maximum absolute atomic E-state index is 11.8. The molecule has 2 aromatic rings. The summed E-state index contributed by atoms with van der Waals surface area (Å²) in [6, 6.07) is 14.6. The molecule has 1 amide bonds. The van der Waals surface area contributed by atoms with E-state index in [-0.39, 0.29) is 12.0 Å². The van der Waals surface area contributed by atoms with Gasteiger partial charge in [0.1, 0.15) is 5.75 Å². The zero-order valence-electron chi connectivity index (χ0n) is 12.4. The predicted molar refractivity (Wildman–Crippen MR) is 91.4 cm³/mol. The molecule has 0 saturated heterocycles. The van der Waals surface area contributed by atoms with Crippen LogP contribution in [0.2, 0.25) is 0 Å². The van der Waals surface area contributed by atoms with Crippen LogP contribution in [-0.2, 0) is 0 Å². The number of rotatable bonds is 5. The lowest BCUT2D eigenvalue weighted by Crippen LogP contribution is -2.17. The first-order valence-corrected chi connectivity index (χ1v) is 7.70. The Morgan fingerprint density at radius 2 is 1.95 bits per heavy atom. The van der Waals surface area contributed by atoms with Gasteiger partial charge >= 0.3 is 0 Å². The number of carbonyl (C=O) groups excluding carboxylic acids is 1. The highest BCUT2D eigenvalue weighted by Crippen LogP contribution is 2.26. The summed E-state index contributed by atoms with van der Waals surface area (Å²) in [5, 5.41) is 3.96. The fraction of sp³-hybridized carbons (Fsp3) is 0.176. The zero-order valence-corrected chi connectivity index (χ0v) is 14.0. The monoisotopic (exact) mass is 360 g/mol. The molecule has 1 N–H and O–H groups in total. The minimum atomic E-state index is -0.240. The molecule has 0 radical (unpaired) electrons. The van der Waals surface area contributed by atoms with Crippen molar-refractivity contribution in [3.63, 3.8) is 0 Å². The SMILES string of the molecule is CC(C)Oc1ccc(/C=N/NC(=O)c2ccccc2)cc1Br. The number of hydrogen-bond donors (Lipinski definition) is 1. The van der Waals surface area contributed by atoms with E-state index in [0.29, 0.717) is 5.56 Å². The summed E-state index contributed by atoms with van der Waals surface area (Å²) < 4.78 is 6.49. The largest absolute Gasteiger partial charge is 0.490 e. The van der Waals surface area contributed by atoms with Gasteiger partial charge in [0.25, 0.3) is 5.91 Å². The van der Waals surface area contributed by atoms with E-state index in [1.165, 1.54) is 0 Å². The Kier molecular flexibility index (Phi) is 5.72. The van der Waals surface area contributed by atoms with E-state index < -0.39 is 0 Å². The van der Waals surface area contributed by atoms with Crippen molar-refractivity contribution in [2.75, 3.05) is 0 Å². The third kappa shape index (κ3) is 4.70. The smallest absolute Gasteiger partial charge is 0.271 e. The molecule has 0 saturated carbocycles. The standard InChI is InChI=1S/C17H17BrN2O2/c1-12(2)22-16-9-8-13(10-15(16)18)11-19-20-17(21)14-6-4-3-5-7-14/h3-12H,1-2H3,(H,20,21)/b19-11+. The molecule has 22 heavy (non-hydrogen) atoms. The van der Waals surface area contributed by atoms with Crippen LogP contribution in [0.15, 0.2) is 58.1 Å². The summed E-state index contributed by atoms with van der Waals surface area (Å²) in [4.78, 5) is 11.8. The van der Waals surface area contributed by atoms with Gasteiger partial charge in [-0.1, -0.05) is 18.2 Å². The van der Waals surface area contributed by atoms with Gasteiger partial charge in [0, 0.05) is 5.56 Å². The van der Waals surface area contributed by atoms with Gasteiger partial charge in [-0.05, 0) is 65.7 Å². The molecule has 0 spiro atoms. The van der Waals surface area contributed by atoms with E-state index in [0.717, 1.165) is 15.8 Å². The molecule has 5 heteroatoms. The van der Waals surface area contributed by atoms with Crippen molar-refractivity contribution in [1.29, 1.82) is 0 Å². The fourth-order valence-corrected chi connectivity index (χ4v) is 2.26. The first kappa shape index (κ1) is 16.2. The Bertz CT molecular complexity index is 670. The highest BCUT2D eigenvalue weighted by Gasteiger charge is 2.04. The quantitative estimate of drug-likeness (QED) is 0.647. The Morgan fingerprint density at radius 1 is 1.23 bits per heavy atom. The molecule has 0 fully saturated rings. The summed E-state index contributed by atoms with van der Waals surface area (Å²) in [7, 11) is 0. The third-order valence-electron chi connectivity index (χ3n) is 2.73. The molecule has 114 valence electrons. The molecule has 0 heterocycles. The summed E-state index contributed by atoms with van der Waals surface area (Å²) in [6.07, 6.45) is 1.70. The summed E-state index contributed by atoms with van der Waals surface area (Å²) in [5.74, 6) is 0.538. The number of nitrogens with zero attached hydrogens (tertiary/aromatic N) is 1. The first-order chi connectivity index (χ1) is 10.6. The Balaban J connectivity index is 1.99. The van der Waals surface area contributed by atoms with E-state index in [4.69, 9.17) is 4.74 Å². The lowest BCUT2D eigenvalue weighted by molar-refractivity contribution is 0.0955. The molecular formula is C17H17BrN2O2. The predicted octanol–water partition coefficient (Wildman–Crippen LogP) is 4.00. The molecule has 0 bridgehead atoms. The molecular weight excluding hydrogens is 344 g/mol. The second-order valence-corrected chi connectivity index (χ2v) is 5.78. The van der Waals surface area contributed by atoms with E-state index in [1.54, 1.807) is 18.3 Å². The van der Waals surface area contributed by atoms with Crippen LogP contribution < -0.4 is 10.2 Å². The first-order valence-electron chi connectivity index (χ1n) is 6.91. The fourth-order valence-electron chi connectivity index (χ4n) is 1.77. The molecule has 0 atom stereocenters. The number of ether oxygens (including phenoxy) is 1. The van der Waals surface area contributed by atoms with Crippen molar-refractivity contribution in [2.24, 2.45) is 5.10 Å². The van der Waals surface area contributed by atoms with Gasteiger partial charge in [0.2, 0.25) is 0 Å². The summed E-state index contributed by atoms with van der Waals surface area (Å²) in [5.41, 5.74) is 3.93. The normalized spacial score (nSPS) is 10.9. The minimum Gasteiger partial charge on any atom is -0.490 e. The number of amides is 1. The molecule has 0 aliphatic rings. The van der Waals surface area contributed by atoms with Gasteiger partial charge in [-0.3, -0.25) is 4.79 Å². The number of nitrogens with one attached hydrogen (secondary N) is 1. The van der Waals surface area contributed by atoms with Crippen LogP contribution in [-0.4, -0.2) is 18.2 Å². The molecule has 0 unspecified atom stereocenters. The van der Waals surface area contributed by atoms with Crippen molar-refractivity contribution in [3.8, 4) is 5.75 Å². The number of carbonyl (C=O) groups is 1. The Morgan fingerprint density at radius 3 is 2.59 bits per heavy atom. The topological polar surface area (TPSA) is 50.7 Å². The van der Waals surface area contributed by atoms with Gasteiger partial charge in [-0.25, -0.2) is 5.43 Å². The van der Waals surface area contributed by atoms with Gasteiger partial charge < -0.3 is 4.74 Å². The van der Waals surface area contributed by atoms with E-state index in [1.807, 2.05) is 50.2 Å². The van der Waals surface area contributed by atoms with E-state index in [9.17, 15) is 4.79 Å². The summed E-state index contributed by atoms with van der Waals surface area (Å²) >= 11 is 3.46. The van der Waals surface area contributed by atoms with Crippen LogP contribution in [0.25, 0.3) is 0 Å². The highest BCUT2D eigenvalue weighted by atomic mass is 79.9. The van der Waals surface area contributed by atoms with Crippen molar-refractivity contribution < 1.29 is 9.53 Å². The molecule has 0 aliphatic heterocycles. The third-order valence-corrected chi connectivity index (χ3v) is 3.35. The average Bonchev–Trinajstić information content (AvgIpc) is 2.50. The van der Waals surface area contributed by atoms with Gasteiger partial charge in [0.15, 0.2) is 0 Å². The molecule has 2 rings (SSSR count). The second-order valence-electron chi connectivity index (χ2n) is 4.92. The van der Waals surface area contributed by atoms with Gasteiger partial charge in [-0.15, -0.1) is 0 Å². The van der Waals surface area contributed by atoms with Crippen LogP contribution in [0.1, 0.15) is 29.8 Å². The van der Waals surface area contributed by atoms with Crippen LogP contribution in [0.3, 0.4) is 0 Å².